The Labute approximate surface area is 90.2 Å². The Morgan fingerprint density at radius 1 is 1.40 bits per heavy atom. The highest BCUT2D eigenvalue weighted by atomic mass is 16.4. The molecule has 0 aliphatic heterocycles. The fourth-order valence-electron chi connectivity index (χ4n) is 1.73. The molecule has 3 nitrogen and oxygen atoms in total. The summed E-state index contributed by atoms with van der Waals surface area (Å²) in [6.07, 6.45) is 3.70. The fourth-order valence-corrected chi connectivity index (χ4v) is 1.73. The molecule has 1 atom stereocenters. The highest BCUT2D eigenvalue weighted by Gasteiger charge is 2.15. The zero-order chi connectivity index (χ0) is 11.4. The van der Waals surface area contributed by atoms with Gasteiger partial charge in [0.15, 0.2) is 0 Å². The van der Waals surface area contributed by atoms with Gasteiger partial charge in [0, 0.05) is 12.4 Å². The third-order valence-corrected chi connectivity index (χ3v) is 2.52. The quantitative estimate of drug-likeness (QED) is 0.825. The number of rotatable bonds is 4. The second-order valence-electron chi connectivity index (χ2n) is 4.16. The maximum atomic E-state index is 10.6. The lowest BCUT2D eigenvalue weighted by atomic mass is 9.90. The van der Waals surface area contributed by atoms with Crippen molar-refractivity contribution in [1.29, 1.82) is 0 Å². The van der Waals surface area contributed by atoms with E-state index in [-0.39, 0.29) is 12.3 Å². The minimum absolute atomic E-state index is 0.0219. The van der Waals surface area contributed by atoms with Crippen LogP contribution in [0, 0.1) is 0 Å². The van der Waals surface area contributed by atoms with Crippen LogP contribution in [0.3, 0.4) is 0 Å². The Morgan fingerprint density at radius 2 is 2.07 bits per heavy atom. The van der Waals surface area contributed by atoms with Gasteiger partial charge in [0.1, 0.15) is 0 Å². The molecule has 0 aliphatic rings. The summed E-state index contributed by atoms with van der Waals surface area (Å²) < 4.78 is 0. The highest BCUT2D eigenvalue weighted by molar-refractivity contribution is 5.68. The predicted molar refractivity (Wildman–Crippen MR) is 59.0 cm³/mol. The van der Waals surface area contributed by atoms with Crippen molar-refractivity contribution >= 4 is 5.97 Å². The molecule has 1 heterocycles. The summed E-state index contributed by atoms with van der Waals surface area (Å²) in [6.45, 7) is 6.13. The van der Waals surface area contributed by atoms with Crippen molar-refractivity contribution in [2.75, 3.05) is 0 Å². The van der Waals surface area contributed by atoms with Crippen LogP contribution in [0.2, 0.25) is 0 Å². The van der Waals surface area contributed by atoms with Gasteiger partial charge in [-0.15, -0.1) is 0 Å². The number of aromatic nitrogens is 1. The number of carboxylic acid groups (broad SMARTS) is 1. The third kappa shape index (κ3) is 3.05. The molecular formula is C12H17NO2. The molecule has 1 N–H and O–H groups in total. The van der Waals surface area contributed by atoms with Crippen molar-refractivity contribution < 1.29 is 9.90 Å². The smallest absolute Gasteiger partial charge is 0.303 e. The summed E-state index contributed by atoms with van der Waals surface area (Å²) in [6, 6.07) is 1.97. The number of aliphatic carboxylic acids is 1. The normalized spacial score (nSPS) is 12.8. The van der Waals surface area contributed by atoms with E-state index < -0.39 is 5.97 Å². The van der Waals surface area contributed by atoms with Crippen LogP contribution in [0.4, 0.5) is 0 Å². The van der Waals surface area contributed by atoms with Gasteiger partial charge in [0.2, 0.25) is 0 Å². The first-order valence-electron chi connectivity index (χ1n) is 5.18. The van der Waals surface area contributed by atoms with Crippen molar-refractivity contribution in [3.05, 3.63) is 29.6 Å². The lowest BCUT2D eigenvalue weighted by molar-refractivity contribution is -0.137. The second-order valence-corrected chi connectivity index (χ2v) is 4.16. The Bertz CT molecular complexity index is 347. The van der Waals surface area contributed by atoms with Crippen molar-refractivity contribution in [1.82, 2.24) is 4.98 Å². The van der Waals surface area contributed by atoms with Gasteiger partial charge in [0.05, 0.1) is 6.42 Å². The molecule has 0 spiro atoms. The molecular weight excluding hydrogens is 190 g/mol. The lowest BCUT2D eigenvalue weighted by Crippen LogP contribution is -2.06. The van der Waals surface area contributed by atoms with E-state index in [0.29, 0.717) is 5.92 Å². The van der Waals surface area contributed by atoms with Gasteiger partial charge in [-0.2, -0.15) is 0 Å². The first-order valence-corrected chi connectivity index (χ1v) is 5.18. The summed E-state index contributed by atoms with van der Waals surface area (Å²) >= 11 is 0. The van der Waals surface area contributed by atoms with Crippen LogP contribution in [-0.2, 0) is 4.79 Å². The maximum Gasteiger partial charge on any atom is 0.303 e. The molecule has 1 aromatic rings. The van der Waals surface area contributed by atoms with Crippen LogP contribution >= 0.6 is 0 Å². The number of hydrogen-bond donors (Lipinski definition) is 1. The Kier molecular flexibility index (Phi) is 3.83. The van der Waals surface area contributed by atoms with Gasteiger partial charge >= 0.3 is 5.97 Å². The van der Waals surface area contributed by atoms with Crippen molar-refractivity contribution in [2.24, 2.45) is 0 Å². The van der Waals surface area contributed by atoms with E-state index >= 15 is 0 Å². The van der Waals surface area contributed by atoms with Gasteiger partial charge in [-0.25, -0.2) is 0 Å². The Morgan fingerprint density at radius 3 is 2.60 bits per heavy atom. The summed E-state index contributed by atoms with van der Waals surface area (Å²) in [7, 11) is 0. The van der Waals surface area contributed by atoms with E-state index in [9.17, 15) is 4.79 Å². The number of pyridine rings is 1. The highest BCUT2D eigenvalue weighted by Crippen LogP contribution is 2.27. The molecule has 82 valence electrons. The monoisotopic (exact) mass is 207 g/mol. The lowest BCUT2D eigenvalue weighted by Gasteiger charge is -2.16. The molecule has 1 unspecified atom stereocenters. The third-order valence-electron chi connectivity index (χ3n) is 2.52. The Hall–Kier alpha value is -1.38. The molecule has 1 rings (SSSR count). The molecule has 0 saturated carbocycles. The summed E-state index contributed by atoms with van der Waals surface area (Å²) in [5.74, 6) is -0.339. The van der Waals surface area contributed by atoms with Gasteiger partial charge < -0.3 is 5.11 Å². The molecule has 15 heavy (non-hydrogen) atoms. The number of carbonyl (C=O) groups is 1. The molecule has 0 aliphatic carbocycles. The first-order chi connectivity index (χ1) is 7.02. The molecule has 0 radical (unpaired) electrons. The number of hydrogen-bond acceptors (Lipinski definition) is 2. The van der Waals surface area contributed by atoms with Crippen LogP contribution in [0.15, 0.2) is 18.5 Å². The van der Waals surface area contributed by atoms with E-state index in [4.69, 9.17) is 5.11 Å². The molecule has 1 aromatic heterocycles. The van der Waals surface area contributed by atoms with E-state index in [0.717, 1.165) is 5.56 Å². The first kappa shape index (κ1) is 11.7. The van der Waals surface area contributed by atoms with Crippen LogP contribution in [0.5, 0.6) is 0 Å². The number of nitrogens with zero attached hydrogens (tertiary/aromatic N) is 1. The van der Waals surface area contributed by atoms with E-state index in [1.807, 2.05) is 13.0 Å². The van der Waals surface area contributed by atoms with Crippen LogP contribution < -0.4 is 0 Å². The predicted octanol–water partition coefficient (Wildman–Crippen LogP) is 2.78. The van der Waals surface area contributed by atoms with Crippen LogP contribution in [0.1, 0.15) is 50.2 Å². The maximum absolute atomic E-state index is 10.6. The van der Waals surface area contributed by atoms with E-state index in [2.05, 4.69) is 18.8 Å². The van der Waals surface area contributed by atoms with Crippen LogP contribution in [-0.4, -0.2) is 16.1 Å². The molecule has 0 amide bonds. The minimum atomic E-state index is -0.763. The standard InChI is InChI=1S/C12H17NO2/c1-8(2)10-4-5-13-7-11(10)9(3)6-12(14)15/h4-5,7-9H,6H2,1-3H3,(H,14,15). The SMILES string of the molecule is CC(C)c1ccncc1C(C)CC(=O)O. The fraction of sp³-hybridized carbons (Fsp3) is 0.500. The van der Waals surface area contributed by atoms with Crippen LogP contribution in [0.25, 0.3) is 0 Å². The largest absolute Gasteiger partial charge is 0.481 e. The molecule has 3 heteroatoms. The topological polar surface area (TPSA) is 50.2 Å². The number of carboxylic acids is 1. The van der Waals surface area contributed by atoms with Gasteiger partial charge in [-0.1, -0.05) is 20.8 Å². The zero-order valence-corrected chi connectivity index (χ0v) is 9.40. The zero-order valence-electron chi connectivity index (χ0n) is 9.40. The minimum Gasteiger partial charge on any atom is -0.481 e. The van der Waals surface area contributed by atoms with Gasteiger partial charge in [-0.3, -0.25) is 9.78 Å². The molecule has 0 bridgehead atoms. The summed E-state index contributed by atoms with van der Waals surface area (Å²) in [5, 5.41) is 8.75. The Balaban J connectivity index is 2.97. The summed E-state index contributed by atoms with van der Waals surface area (Å²) in [4.78, 5) is 14.7. The van der Waals surface area contributed by atoms with Crippen molar-refractivity contribution in [3.63, 3.8) is 0 Å². The van der Waals surface area contributed by atoms with E-state index in [1.165, 1.54) is 5.56 Å². The van der Waals surface area contributed by atoms with E-state index in [1.54, 1.807) is 12.4 Å². The molecule has 0 aromatic carbocycles. The van der Waals surface area contributed by atoms with Gasteiger partial charge in [-0.05, 0) is 29.0 Å². The second kappa shape index (κ2) is 4.91. The molecule has 0 saturated heterocycles. The summed E-state index contributed by atoms with van der Waals surface area (Å²) in [5.41, 5.74) is 2.24. The van der Waals surface area contributed by atoms with Crippen molar-refractivity contribution in [3.8, 4) is 0 Å². The average molecular weight is 207 g/mol. The molecule has 0 fully saturated rings. The average Bonchev–Trinajstić information content (AvgIpc) is 2.16. The van der Waals surface area contributed by atoms with Crippen molar-refractivity contribution in [2.45, 2.75) is 39.0 Å². The van der Waals surface area contributed by atoms with Gasteiger partial charge in [0.25, 0.3) is 0 Å².